The number of rotatable bonds is 49. The normalized spacial score (nSPS) is 11.5. The van der Waals surface area contributed by atoms with Crippen LogP contribution in [0.15, 0.2) is 0 Å². The maximum atomic E-state index is 12.1. The summed E-state index contributed by atoms with van der Waals surface area (Å²) >= 11 is 0. The lowest BCUT2D eigenvalue weighted by Crippen LogP contribution is -2.05. The molecular weight excluding hydrogens is 657 g/mol. The van der Waals surface area contributed by atoms with E-state index in [0.717, 1.165) is 12.8 Å². The molecule has 324 valence electrons. The van der Waals surface area contributed by atoms with Crippen molar-refractivity contribution in [3.8, 4) is 0 Å². The lowest BCUT2D eigenvalue weighted by Gasteiger charge is -2.06. The molecule has 0 saturated heterocycles. The van der Waals surface area contributed by atoms with Gasteiger partial charge in [0, 0.05) is 6.42 Å². The predicted octanol–water partition coefficient (Wildman–Crippen LogP) is 19.3. The van der Waals surface area contributed by atoms with E-state index in [-0.39, 0.29) is 5.97 Å². The molecule has 0 aromatic rings. The van der Waals surface area contributed by atoms with Gasteiger partial charge in [0.25, 0.3) is 0 Å². The van der Waals surface area contributed by atoms with Crippen LogP contribution in [0.3, 0.4) is 0 Å². The van der Waals surface area contributed by atoms with Gasteiger partial charge < -0.3 is 4.74 Å². The van der Waals surface area contributed by atoms with Crippen molar-refractivity contribution in [2.45, 2.75) is 322 Å². The molecular formula is C52H104O2. The standard InChI is InChI=1S/C52H104O2/c1-3-5-7-9-11-13-15-17-19-21-23-25-27-28-30-32-34-36-38-40-42-44-46-48-50-52(53)54-51-49-47-45-43-41-39-37-35-33-31-29-26-24-22-20-18-16-14-12-10-8-6-4-2/h3-51H2,1-2H3. The van der Waals surface area contributed by atoms with Crippen LogP contribution in [0.25, 0.3) is 0 Å². The van der Waals surface area contributed by atoms with Crippen molar-refractivity contribution in [3.05, 3.63) is 0 Å². The van der Waals surface area contributed by atoms with Crippen LogP contribution in [0.1, 0.15) is 322 Å². The number of esters is 1. The topological polar surface area (TPSA) is 26.3 Å². The average Bonchev–Trinajstić information content (AvgIpc) is 3.18. The fourth-order valence-corrected chi connectivity index (χ4v) is 8.38. The molecule has 0 saturated carbocycles. The fourth-order valence-electron chi connectivity index (χ4n) is 8.38. The first-order valence-corrected chi connectivity index (χ1v) is 26.0. The zero-order chi connectivity index (χ0) is 38.9. The molecule has 0 spiro atoms. The molecule has 0 aliphatic heterocycles. The van der Waals surface area contributed by atoms with Gasteiger partial charge in [-0.15, -0.1) is 0 Å². The Bertz CT molecular complexity index is 605. The molecule has 0 aliphatic carbocycles. The minimum absolute atomic E-state index is 0.0348. The van der Waals surface area contributed by atoms with E-state index in [2.05, 4.69) is 13.8 Å². The van der Waals surface area contributed by atoms with Crippen LogP contribution < -0.4 is 0 Å². The molecule has 0 fully saturated rings. The van der Waals surface area contributed by atoms with Crippen molar-refractivity contribution in [3.63, 3.8) is 0 Å². The highest BCUT2D eigenvalue weighted by molar-refractivity contribution is 5.69. The van der Waals surface area contributed by atoms with Gasteiger partial charge in [0.15, 0.2) is 0 Å². The maximum Gasteiger partial charge on any atom is 0.305 e. The van der Waals surface area contributed by atoms with E-state index < -0.39 is 0 Å². The third-order valence-corrected chi connectivity index (χ3v) is 12.2. The molecule has 0 amide bonds. The monoisotopic (exact) mass is 761 g/mol. The minimum Gasteiger partial charge on any atom is -0.466 e. The summed E-state index contributed by atoms with van der Waals surface area (Å²) in [6, 6.07) is 0. The van der Waals surface area contributed by atoms with Crippen molar-refractivity contribution in [1.29, 1.82) is 0 Å². The van der Waals surface area contributed by atoms with Gasteiger partial charge in [-0.05, 0) is 12.8 Å². The van der Waals surface area contributed by atoms with Crippen LogP contribution in [-0.2, 0) is 9.53 Å². The highest BCUT2D eigenvalue weighted by Crippen LogP contribution is 2.18. The summed E-state index contributed by atoms with van der Waals surface area (Å²) in [5.74, 6) is 0.0348. The van der Waals surface area contributed by atoms with E-state index in [4.69, 9.17) is 4.74 Å². The van der Waals surface area contributed by atoms with Gasteiger partial charge >= 0.3 is 5.97 Å². The summed E-state index contributed by atoms with van der Waals surface area (Å²) in [5.41, 5.74) is 0. The lowest BCUT2D eigenvalue weighted by molar-refractivity contribution is -0.143. The molecule has 0 aromatic carbocycles. The number of hydrogen-bond acceptors (Lipinski definition) is 2. The molecule has 0 aromatic heterocycles. The highest BCUT2D eigenvalue weighted by atomic mass is 16.5. The van der Waals surface area contributed by atoms with Crippen LogP contribution in [0.2, 0.25) is 0 Å². The summed E-state index contributed by atoms with van der Waals surface area (Å²) in [6.07, 6.45) is 66.8. The third kappa shape index (κ3) is 49.5. The fraction of sp³-hybridized carbons (Fsp3) is 0.981. The molecule has 0 N–H and O–H groups in total. The third-order valence-electron chi connectivity index (χ3n) is 12.2. The Kier molecular flexibility index (Phi) is 50.0. The molecule has 2 nitrogen and oxygen atoms in total. The molecule has 2 heteroatoms. The van der Waals surface area contributed by atoms with Crippen molar-refractivity contribution in [2.75, 3.05) is 6.61 Å². The number of carbonyl (C=O) groups excluding carboxylic acids is 1. The average molecular weight is 761 g/mol. The second-order valence-electron chi connectivity index (χ2n) is 17.9. The lowest BCUT2D eigenvalue weighted by atomic mass is 10.0. The second kappa shape index (κ2) is 50.5. The van der Waals surface area contributed by atoms with Crippen molar-refractivity contribution in [1.82, 2.24) is 0 Å². The minimum atomic E-state index is 0.0348. The summed E-state index contributed by atoms with van der Waals surface area (Å²) in [5, 5.41) is 0. The number of carbonyl (C=O) groups is 1. The Labute approximate surface area is 343 Å². The smallest absolute Gasteiger partial charge is 0.305 e. The van der Waals surface area contributed by atoms with Gasteiger partial charge in [0.2, 0.25) is 0 Å². The second-order valence-corrected chi connectivity index (χ2v) is 17.9. The molecule has 0 radical (unpaired) electrons. The molecule has 0 heterocycles. The van der Waals surface area contributed by atoms with E-state index in [1.807, 2.05) is 0 Å². The first-order valence-electron chi connectivity index (χ1n) is 26.0. The number of hydrogen-bond donors (Lipinski definition) is 0. The van der Waals surface area contributed by atoms with Gasteiger partial charge in [-0.3, -0.25) is 4.79 Å². The van der Waals surface area contributed by atoms with Gasteiger partial charge in [0.05, 0.1) is 6.61 Å². The zero-order valence-corrected chi connectivity index (χ0v) is 38.0. The van der Waals surface area contributed by atoms with E-state index >= 15 is 0 Å². The van der Waals surface area contributed by atoms with Gasteiger partial charge in [-0.25, -0.2) is 0 Å². The summed E-state index contributed by atoms with van der Waals surface area (Å²) in [4.78, 5) is 12.1. The summed E-state index contributed by atoms with van der Waals surface area (Å²) in [6.45, 7) is 5.24. The van der Waals surface area contributed by atoms with Gasteiger partial charge in [-0.1, -0.05) is 303 Å². The van der Waals surface area contributed by atoms with Crippen LogP contribution in [0, 0.1) is 0 Å². The zero-order valence-electron chi connectivity index (χ0n) is 38.0. The first kappa shape index (κ1) is 53.5. The largest absolute Gasteiger partial charge is 0.466 e. The molecule has 54 heavy (non-hydrogen) atoms. The van der Waals surface area contributed by atoms with Crippen LogP contribution in [-0.4, -0.2) is 12.6 Å². The summed E-state index contributed by atoms with van der Waals surface area (Å²) < 4.78 is 5.50. The molecule has 0 bridgehead atoms. The Balaban J connectivity index is 3.14. The Morgan fingerprint density at radius 2 is 0.407 bits per heavy atom. The number of unbranched alkanes of at least 4 members (excludes halogenated alkanes) is 45. The molecule has 0 unspecified atom stereocenters. The molecule has 0 rings (SSSR count). The van der Waals surface area contributed by atoms with Crippen molar-refractivity contribution in [2.24, 2.45) is 0 Å². The Morgan fingerprint density at radius 3 is 0.611 bits per heavy atom. The SMILES string of the molecule is CCCCCCCCCCCCCCCCCCCCCCCCCCC(=O)OCCCCCCCCCCCCCCCCCCCCCCCCC. The molecule has 0 aliphatic rings. The Hall–Kier alpha value is -0.530. The summed E-state index contributed by atoms with van der Waals surface area (Å²) in [7, 11) is 0. The van der Waals surface area contributed by atoms with E-state index in [1.54, 1.807) is 0 Å². The van der Waals surface area contributed by atoms with Crippen molar-refractivity contribution >= 4 is 5.97 Å². The van der Waals surface area contributed by atoms with Gasteiger partial charge in [-0.2, -0.15) is 0 Å². The van der Waals surface area contributed by atoms with E-state index in [1.165, 1.54) is 289 Å². The number of ether oxygens (including phenoxy) is 1. The van der Waals surface area contributed by atoms with Gasteiger partial charge in [0.1, 0.15) is 0 Å². The molecule has 0 atom stereocenters. The van der Waals surface area contributed by atoms with E-state index in [9.17, 15) is 4.79 Å². The van der Waals surface area contributed by atoms with Crippen LogP contribution >= 0.6 is 0 Å². The Morgan fingerprint density at radius 1 is 0.241 bits per heavy atom. The van der Waals surface area contributed by atoms with Crippen molar-refractivity contribution < 1.29 is 9.53 Å². The maximum absolute atomic E-state index is 12.1. The highest BCUT2D eigenvalue weighted by Gasteiger charge is 2.03. The van der Waals surface area contributed by atoms with Crippen LogP contribution in [0.5, 0.6) is 0 Å². The van der Waals surface area contributed by atoms with Crippen LogP contribution in [0.4, 0.5) is 0 Å². The first-order chi connectivity index (χ1) is 26.8. The quantitative estimate of drug-likeness (QED) is 0.0456. The predicted molar refractivity (Wildman–Crippen MR) is 244 cm³/mol. The van der Waals surface area contributed by atoms with E-state index in [0.29, 0.717) is 13.0 Å².